The Morgan fingerprint density at radius 2 is 1.15 bits per heavy atom. The van der Waals surface area contributed by atoms with Gasteiger partial charge in [0.1, 0.15) is 0 Å². The molecule has 0 radical (unpaired) electrons. The predicted molar refractivity (Wildman–Crippen MR) is 225 cm³/mol. The number of hydrogen-bond donors (Lipinski definition) is 0. The molecule has 0 aliphatic rings. The van der Waals surface area contributed by atoms with Gasteiger partial charge in [-0.25, -0.2) is 0 Å². The second-order valence-corrected chi connectivity index (χ2v) is 14.4. The standard InChI is InChI=1S/C49H34N2S/c1-2-33(35-24-29-49-44(32-35)42-16-8-11-19-48(42)52-49)20-27-40-30-37-12-6-9-17-45(37)50(40)39-25-21-34(22-26-39)36-23-28-47-43(31-36)41-15-7-10-18-46(41)51(47)38-13-4-3-5-14-38/h2-32H,1H3/b27-20-,33-2+. The largest absolute Gasteiger partial charge is 0.310 e. The minimum atomic E-state index is 1.14. The molecule has 0 spiro atoms. The number of benzene rings is 7. The van der Waals surface area contributed by atoms with Gasteiger partial charge in [0.15, 0.2) is 0 Å². The van der Waals surface area contributed by atoms with Gasteiger partial charge in [-0.05, 0) is 108 Å². The summed E-state index contributed by atoms with van der Waals surface area (Å²) in [6, 6.07) is 61.7. The number of thiophene rings is 1. The van der Waals surface area contributed by atoms with Crippen molar-refractivity contribution in [3.63, 3.8) is 0 Å². The van der Waals surface area contributed by atoms with Crippen LogP contribution in [-0.4, -0.2) is 9.13 Å². The van der Waals surface area contributed by atoms with Crippen molar-refractivity contribution in [2.45, 2.75) is 6.92 Å². The lowest BCUT2D eigenvalue weighted by molar-refractivity contribution is 1.11. The number of hydrogen-bond acceptors (Lipinski definition) is 1. The van der Waals surface area contributed by atoms with Gasteiger partial charge >= 0.3 is 0 Å². The maximum Gasteiger partial charge on any atom is 0.0541 e. The van der Waals surface area contributed by atoms with Crippen LogP contribution in [0.2, 0.25) is 0 Å². The summed E-state index contributed by atoms with van der Waals surface area (Å²) in [7, 11) is 0. The lowest BCUT2D eigenvalue weighted by Gasteiger charge is -2.11. The highest BCUT2D eigenvalue weighted by Gasteiger charge is 2.14. The maximum absolute atomic E-state index is 2.37. The molecular formula is C49H34N2S. The van der Waals surface area contributed by atoms with E-state index in [-0.39, 0.29) is 0 Å². The van der Waals surface area contributed by atoms with Gasteiger partial charge in [-0.1, -0.05) is 109 Å². The van der Waals surface area contributed by atoms with Crippen LogP contribution < -0.4 is 0 Å². The third-order valence-corrected chi connectivity index (χ3v) is 11.5. The normalized spacial score (nSPS) is 12.4. The maximum atomic E-state index is 2.37. The number of nitrogens with zero attached hydrogens (tertiary/aromatic N) is 2. The highest BCUT2D eigenvalue weighted by atomic mass is 32.1. The fourth-order valence-electron chi connectivity index (χ4n) is 7.84. The Kier molecular flexibility index (Phi) is 7.26. The molecule has 52 heavy (non-hydrogen) atoms. The molecule has 0 saturated carbocycles. The molecule has 0 bridgehead atoms. The first-order valence-corrected chi connectivity index (χ1v) is 18.6. The Balaban J connectivity index is 1.02. The summed E-state index contributed by atoms with van der Waals surface area (Å²) < 4.78 is 7.39. The molecular weight excluding hydrogens is 649 g/mol. The van der Waals surface area contributed by atoms with Gasteiger partial charge < -0.3 is 9.13 Å². The topological polar surface area (TPSA) is 9.86 Å². The summed E-state index contributed by atoms with van der Waals surface area (Å²) in [6.07, 6.45) is 6.73. The summed E-state index contributed by atoms with van der Waals surface area (Å²) in [5.41, 5.74) is 11.9. The first-order chi connectivity index (χ1) is 25.7. The summed E-state index contributed by atoms with van der Waals surface area (Å²) in [5, 5.41) is 6.39. The second-order valence-electron chi connectivity index (χ2n) is 13.3. The van der Waals surface area contributed by atoms with Gasteiger partial charge in [-0.15, -0.1) is 11.3 Å². The molecule has 0 atom stereocenters. The second kappa shape index (κ2) is 12.4. The Labute approximate surface area is 306 Å². The molecule has 3 aromatic heterocycles. The van der Waals surface area contributed by atoms with Crippen molar-refractivity contribution < 1.29 is 0 Å². The van der Waals surface area contributed by atoms with Crippen molar-refractivity contribution >= 4 is 75.9 Å². The summed E-state index contributed by atoms with van der Waals surface area (Å²) in [6.45, 7) is 2.13. The van der Waals surface area contributed by atoms with Crippen LogP contribution in [0.3, 0.4) is 0 Å². The molecule has 2 nitrogen and oxygen atoms in total. The van der Waals surface area contributed by atoms with E-state index in [9.17, 15) is 0 Å². The van der Waals surface area contributed by atoms with E-state index in [2.05, 4.69) is 204 Å². The van der Waals surface area contributed by atoms with Crippen molar-refractivity contribution in [1.29, 1.82) is 0 Å². The Morgan fingerprint density at radius 3 is 2.00 bits per heavy atom. The quantitative estimate of drug-likeness (QED) is 0.155. The van der Waals surface area contributed by atoms with Gasteiger partial charge in [0.25, 0.3) is 0 Å². The van der Waals surface area contributed by atoms with Gasteiger partial charge in [0, 0.05) is 53.4 Å². The van der Waals surface area contributed by atoms with E-state index in [0.29, 0.717) is 0 Å². The van der Waals surface area contributed by atoms with E-state index in [1.54, 1.807) is 0 Å². The molecule has 10 rings (SSSR count). The summed E-state index contributed by atoms with van der Waals surface area (Å²) >= 11 is 1.86. The van der Waals surface area contributed by atoms with Crippen molar-refractivity contribution in [2.24, 2.45) is 0 Å². The van der Waals surface area contributed by atoms with E-state index in [1.807, 2.05) is 11.3 Å². The average Bonchev–Trinajstić information content (AvgIpc) is 3.87. The predicted octanol–water partition coefficient (Wildman–Crippen LogP) is 13.9. The summed E-state index contributed by atoms with van der Waals surface area (Å²) in [5.74, 6) is 0. The van der Waals surface area contributed by atoms with Crippen LogP contribution in [-0.2, 0) is 0 Å². The van der Waals surface area contributed by atoms with Crippen LogP contribution in [0, 0.1) is 0 Å². The zero-order chi connectivity index (χ0) is 34.6. The molecule has 3 heteroatoms. The van der Waals surface area contributed by atoms with E-state index in [1.165, 1.54) is 80.8 Å². The molecule has 0 fully saturated rings. The lowest BCUT2D eigenvalue weighted by Crippen LogP contribution is -1.96. The molecule has 0 saturated heterocycles. The first-order valence-electron chi connectivity index (χ1n) is 17.8. The minimum Gasteiger partial charge on any atom is -0.310 e. The zero-order valence-corrected chi connectivity index (χ0v) is 29.5. The molecule has 10 aromatic rings. The number of para-hydroxylation sites is 3. The highest BCUT2D eigenvalue weighted by Crippen LogP contribution is 2.37. The molecule has 0 unspecified atom stereocenters. The molecule has 0 aliphatic heterocycles. The van der Waals surface area contributed by atoms with Crippen molar-refractivity contribution in [2.75, 3.05) is 0 Å². The smallest absolute Gasteiger partial charge is 0.0541 e. The highest BCUT2D eigenvalue weighted by molar-refractivity contribution is 7.25. The number of allylic oxidation sites excluding steroid dienone is 3. The average molecular weight is 683 g/mol. The zero-order valence-electron chi connectivity index (χ0n) is 28.7. The SMILES string of the molecule is C/C=C(\C=C/c1cc2ccccc2n1-c1ccc(-c2ccc3c(c2)c2ccccc2n3-c2ccccc2)cc1)c1ccc2sc3ccccc3c2c1. The fourth-order valence-corrected chi connectivity index (χ4v) is 8.92. The van der Waals surface area contributed by atoms with E-state index in [4.69, 9.17) is 0 Å². The Morgan fingerprint density at radius 1 is 0.481 bits per heavy atom. The number of aromatic nitrogens is 2. The van der Waals surface area contributed by atoms with Crippen LogP contribution in [0.4, 0.5) is 0 Å². The third kappa shape index (κ3) is 5.01. The van der Waals surface area contributed by atoms with Crippen molar-refractivity contribution in [3.05, 3.63) is 193 Å². The molecule has 3 heterocycles. The lowest BCUT2D eigenvalue weighted by atomic mass is 10.0. The molecule has 0 N–H and O–H groups in total. The van der Waals surface area contributed by atoms with E-state index >= 15 is 0 Å². The molecule has 7 aromatic carbocycles. The van der Waals surface area contributed by atoms with Crippen LogP contribution in [0.15, 0.2) is 182 Å². The van der Waals surface area contributed by atoms with Crippen molar-refractivity contribution in [1.82, 2.24) is 9.13 Å². The first kappa shape index (κ1) is 30.4. The van der Waals surface area contributed by atoms with Gasteiger partial charge in [-0.2, -0.15) is 0 Å². The Hall–Kier alpha value is -6.42. The fraction of sp³-hybridized carbons (Fsp3) is 0.0204. The van der Waals surface area contributed by atoms with Crippen LogP contribution >= 0.6 is 11.3 Å². The molecule has 0 amide bonds. The minimum absolute atomic E-state index is 1.14. The number of rotatable bonds is 6. The van der Waals surface area contributed by atoms with Crippen LogP contribution in [0.5, 0.6) is 0 Å². The van der Waals surface area contributed by atoms with E-state index in [0.717, 1.165) is 11.4 Å². The summed E-state index contributed by atoms with van der Waals surface area (Å²) in [4.78, 5) is 0. The Bertz CT molecular complexity index is 3000. The molecule has 246 valence electrons. The molecule has 0 aliphatic carbocycles. The van der Waals surface area contributed by atoms with E-state index < -0.39 is 0 Å². The van der Waals surface area contributed by atoms with Gasteiger partial charge in [0.2, 0.25) is 0 Å². The van der Waals surface area contributed by atoms with Crippen LogP contribution in [0.25, 0.3) is 87.0 Å². The monoisotopic (exact) mass is 682 g/mol. The van der Waals surface area contributed by atoms with Gasteiger partial charge in [0.05, 0.1) is 16.6 Å². The van der Waals surface area contributed by atoms with Crippen LogP contribution in [0.1, 0.15) is 18.2 Å². The third-order valence-electron chi connectivity index (χ3n) is 10.3. The number of fused-ring (bicyclic) bond motifs is 7. The van der Waals surface area contributed by atoms with Gasteiger partial charge in [-0.3, -0.25) is 0 Å². The van der Waals surface area contributed by atoms with Crippen molar-refractivity contribution in [3.8, 4) is 22.5 Å².